The molecule has 0 bridgehead atoms. The molecule has 1 amide bonds. The number of amides is 1. The summed E-state index contributed by atoms with van der Waals surface area (Å²) in [6.45, 7) is 1.81. The Balaban J connectivity index is 2.13. The minimum atomic E-state index is -0.319. The standard InChI is InChI=1S/C15H12BrIN2O2/c1-9-6-11(17)7-10(14(9)20)8-18-19-15(21)12-4-2-3-5-13(12)16/h2-8,20H,1H3,(H,19,21). The molecular weight excluding hydrogens is 447 g/mol. The van der Waals surface area contributed by atoms with Gasteiger partial charge in [-0.15, -0.1) is 0 Å². The van der Waals surface area contributed by atoms with E-state index in [0.29, 0.717) is 15.6 Å². The van der Waals surface area contributed by atoms with Gasteiger partial charge in [0.15, 0.2) is 0 Å². The maximum atomic E-state index is 12.0. The Hall–Kier alpha value is -1.41. The van der Waals surface area contributed by atoms with E-state index in [4.69, 9.17) is 0 Å². The molecule has 108 valence electrons. The van der Waals surface area contributed by atoms with Gasteiger partial charge in [-0.3, -0.25) is 4.79 Å². The average molecular weight is 459 g/mol. The number of phenolic OH excluding ortho intramolecular Hbond substituents is 1. The van der Waals surface area contributed by atoms with E-state index in [1.807, 2.05) is 19.1 Å². The van der Waals surface area contributed by atoms with Crippen molar-refractivity contribution in [3.63, 3.8) is 0 Å². The predicted octanol–water partition coefficient (Wildman–Crippen LogP) is 3.83. The fourth-order valence-electron chi connectivity index (χ4n) is 1.73. The van der Waals surface area contributed by atoms with Crippen molar-refractivity contribution in [1.29, 1.82) is 0 Å². The number of hydrogen-bond acceptors (Lipinski definition) is 3. The first kappa shape index (κ1) is 16.0. The maximum Gasteiger partial charge on any atom is 0.272 e. The van der Waals surface area contributed by atoms with Gasteiger partial charge in [0.25, 0.3) is 5.91 Å². The molecule has 0 saturated heterocycles. The van der Waals surface area contributed by atoms with Gasteiger partial charge in [0.1, 0.15) is 5.75 Å². The van der Waals surface area contributed by atoms with Crippen LogP contribution in [0.25, 0.3) is 0 Å². The third kappa shape index (κ3) is 4.04. The Bertz CT molecular complexity index is 717. The molecule has 2 N–H and O–H groups in total. The molecule has 0 spiro atoms. The number of benzene rings is 2. The lowest BCUT2D eigenvalue weighted by Crippen LogP contribution is -2.18. The molecule has 0 unspecified atom stereocenters. The maximum absolute atomic E-state index is 12.0. The fourth-order valence-corrected chi connectivity index (χ4v) is 2.99. The van der Waals surface area contributed by atoms with Crippen LogP contribution in [0.3, 0.4) is 0 Å². The van der Waals surface area contributed by atoms with E-state index >= 15 is 0 Å². The second kappa shape index (κ2) is 7.04. The number of aromatic hydroxyl groups is 1. The van der Waals surface area contributed by atoms with Crippen LogP contribution >= 0.6 is 38.5 Å². The lowest BCUT2D eigenvalue weighted by atomic mass is 10.1. The zero-order valence-corrected chi connectivity index (χ0v) is 14.8. The molecule has 0 heterocycles. The molecule has 0 aliphatic rings. The van der Waals surface area contributed by atoms with Gasteiger partial charge in [-0.05, 0) is 75.3 Å². The Morgan fingerprint density at radius 1 is 1.38 bits per heavy atom. The van der Waals surface area contributed by atoms with Crippen molar-refractivity contribution < 1.29 is 9.90 Å². The third-order valence-corrected chi connectivity index (χ3v) is 4.10. The van der Waals surface area contributed by atoms with Crippen LogP contribution in [0.5, 0.6) is 5.75 Å². The predicted molar refractivity (Wildman–Crippen MR) is 94.8 cm³/mol. The highest BCUT2D eigenvalue weighted by Crippen LogP contribution is 2.23. The molecule has 0 radical (unpaired) electrons. The summed E-state index contributed by atoms with van der Waals surface area (Å²) in [4.78, 5) is 12.0. The SMILES string of the molecule is Cc1cc(I)cc(C=NNC(=O)c2ccccc2Br)c1O. The molecule has 0 atom stereocenters. The van der Waals surface area contributed by atoms with E-state index in [-0.39, 0.29) is 11.7 Å². The minimum Gasteiger partial charge on any atom is -0.507 e. The largest absolute Gasteiger partial charge is 0.507 e. The van der Waals surface area contributed by atoms with Gasteiger partial charge < -0.3 is 5.11 Å². The number of carbonyl (C=O) groups excluding carboxylic acids is 1. The molecule has 0 aliphatic heterocycles. The molecule has 2 rings (SSSR count). The summed E-state index contributed by atoms with van der Waals surface area (Å²) in [6.07, 6.45) is 1.43. The number of halogens is 2. The zero-order valence-electron chi connectivity index (χ0n) is 11.1. The summed E-state index contributed by atoms with van der Waals surface area (Å²) < 4.78 is 1.69. The monoisotopic (exact) mass is 458 g/mol. The van der Waals surface area contributed by atoms with Crippen LogP contribution in [0.15, 0.2) is 46.0 Å². The van der Waals surface area contributed by atoms with Gasteiger partial charge in [-0.1, -0.05) is 12.1 Å². The van der Waals surface area contributed by atoms with Crippen molar-refractivity contribution in [2.24, 2.45) is 5.10 Å². The molecule has 4 nitrogen and oxygen atoms in total. The highest BCUT2D eigenvalue weighted by Gasteiger charge is 2.08. The number of carbonyl (C=O) groups is 1. The second-order valence-corrected chi connectivity index (χ2v) is 6.44. The Kier molecular flexibility index (Phi) is 5.35. The smallest absolute Gasteiger partial charge is 0.272 e. The van der Waals surface area contributed by atoms with Crippen LogP contribution in [0, 0.1) is 10.5 Å². The van der Waals surface area contributed by atoms with Gasteiger partial charge >= 0.3 is 0 Å². The first-order valence-electron chi connectivity index (χ1n) is 6.06. The van der Waals surface area contributed by atoms with Gasteiger partial charge in [0.2, 0.25) is 0 Å². The highest BCUT2D eigenvalue weighted by molar-refractivity contribution is 14.1. The Morgan fingerprint density at radius 3 is 2.81 bits per heavy atom. The number of hydrogen-bond donors (Lipinski definition) is 2. The lowest BCUT2D eigenvalue weighted by Gasteiger charge is -2.05. The van der Waals surface area contributed by atoms with Crippen LogP contribution in [-0.4, -0.2) is 17.2 Å². The second-order valence-electron chi connectivity index (χ2n) is 4.34. The van der Waals surface area contributed by atoms with Crippen LogP contribution in [0.4, 0.5) is 0 Å². The number of phenols is 1. The molecule has 0 fully saturated rings. The van der Waals surface area contributed by atoms with E-state index in [1.165, 1.54) is 6.21 Å². The first-order chi connectivity index (χ1) is 9.99. The summed E-state index contributed by atoms with van der Waals surface area (Å²) in [7, 11) is 0. The van der Waals surface area contributed by atoms with Crippen molar-refractivity contribution in [3.8, 4) is 5.75 Å². The summed E-state index contributed by atoms with van der Waals surface area (Å²) in [5.74, 6) is -0.158. The minimum absolute atomic E-state index is 0.161. The molecule has 0 aliphatic carbocycles. The zero-order chi connectivity index (χ0) is 15.4. The van der Waals surface area contributed by atoms with E-state index < -0.39 is 0 Å². The molecule has 0 saturated carbocycles. The fraction of sp³-hybridized carbons (Fsp3) is 0.0667. The summed E-state index contributed by atoms with van der Waals surface area (Å²) in [6, 6.07) is 10.7. The molecule has 0 aromatic heterocycles. The number of rotatable bonds is 3. The normalized spacial score (nSPS) is 10.8. The van der Waals surface area contributed by atoms with Gasteiger partial charge in [-0.2, -0.15) is 5.10 Å². The van der Waals surface area contributed by atoms with E-state index in [2.05, 4.69) is 49.0 Å². The van der Waals surface area contributed by atoms with Crippen molar-refractivity contribution in [2.45, 2.75) is 6.92 Å². The van der Waals surface area contributed by atoms with Crippen molar-refractivity contribution in [3.05, 3.63) is 61.1 Å². The van der Waals surface area contributed by atoms with Gasteiger partial charge in [-0.25, -0.2) is 5.43 Å². The molecular formula is C15H12BrIN2O2. The lowest BCUT2D eigenvalue weighted by molar-refractivity contribution is 0.0954. The summed E-state index contributed by atoms with van der Waals surface area (Å²) >= 11 is 5.47. The molecule has 6 heteroatoms. The highest BCUT2D eigenvalue weighted by atomic mass is 127. The topological polar surface area (TPSA) is 61.7 Å². The van der Waals surface area contributed by atoms with E-state index in [9.17, 15) is 9.90 Å². The van der Waals surface area contributed by atoms with Crippen molar-refractivity contribution >= 4 is 50.6 Å². The van der Waals surface area contributed by atoms with Gasteiger partial charge in [0, 0.05) is 13.6 Å². The Labute approximate surface area is 144 Å². The molecule has 2 aromatic rings. The first-order valence-corrected chi connectivity index (χ1v) is 7.93. The average Bonchev–Trinajstić information content (AvgIpc) is 2.44. The number of aryl methyl sites for hydroxylation is 1. The van der Waals surface area contributed by atoms with Crippen LogP contribution < -0.4 is 5.43 Å². The third-order valence-electron chi connectivity index (χ3n) is 2.78. The van der Waals surface area contributed by atoms with Crippen molar-refractivity contribution in [2.75, 3.05) is 0 Å². The quantitative estimate of drug-likeness (QED) is 0.417. The van der Waals surface area contributed by atoms with Crippen LogP contribution in [-0.2, 0) is 0 Å². The Morgan fingerprint density at radius 2 is 2.10 bits per heavy atom. The number of nitrogens with one attached hydrogen (secondary N) is 1. The number of hydrazone groups is 1. The summed E-state index contributed by atoms with van der Waals surface area (Å²) in [5, 5.41) is 13.8. The van der Waals surface area contributed by atoms with E-state index in [1.54, 1.807) is 24.3 Å². The van der Waals surface area contributed by atoms with Crippen LogP contribution in [0.2, 0.25) is 0 Å². The van der Waals surface area contributed by atoms with Gasteiger partial charge in [0.05, 0.1) is 11.8 Å². The van der Waals surface area contributed by atoms with Crippen LogP contribution in [0.1, 0.15) is 21.5 Å². The summed E-state index contributed by atoms with van der Waals surface area (Å²) in [5.41, 5.74) is 4.27. The van der Waals surface area contributed by atoms with Crippen molar-refractivity contribution in [1.82, 2.24) is 5.43 Å². The number of nitrogens with zero attached hydrogens (tertiary/aromatic N) is 1. The molecule has 21 heavy (non-hydrogen) atoms. The molecule has 2 aromatic carbocycles. The van der Waals surface area contributed by atoms with E-state index in [0.717, 1.165) is 9.13 Å².